The zero-order valence-corrected chi connectivity index (χ0v) is 50.6. The van der Waals surface area contributed by atoms with Crippen LogP contribution in [0.25, 0.3) is 28.1 Å². The molecule has 2 atom stereocenters. The molecule has 10 aromatic rings. The molecule has 12 rings (SSSR count). The van der Waals surface area contributed by atoms with Crippen LogP contribution in [0, 0.1) is 6.92 Å². The van der Waals surface area contributed by atoms with Gasteiger partial charge in [0.1, 0.15) is 5.82 Å². The first-order valence-electron chi connectivity index (χ1n) is 31.2. The van der Waals surface area contributed by atoms with Gasteiger partial charge in [0.15, 0.2) is 0 Å². The van der Waals surface area contributed by atoms with Crippen LogP contribution in [0.1, 0.15) is 153 Å². The van der Waals surface area contributed by atoms with Gasteiger partial charge in [-0.3, -0.25) is 4.57 Å². The van der Waals surface area contributed by atoms with Crippen LogP contribution in [0.4, 0.5) is 51.2 Å². The standard InChI is InChI=1S/C77H82BN5/c1-10-14-19-28-55-37-44-70-67(45-55)78-68-51-72-69(79-76(58-38-35-53(5)36-39-58)83(72)63-33-24-18-25-34-63)52-71(68)82(65-47-59(54(6)27-15-11-2)46-60(48-65)77(7,8)9)74-50-66(80(61-29-20-16-21-30-61)62-31-22-17-23-32-62)49-73(75(74)78)81(70)64-42-40-57(41-43-64)56(13-4)26-12-3/h16-18,20-25,29-52,54,56H,10-15,19,26-28H2,1-9H3. The highest BCUT2D eigenvalue weighted by Gasteiger charge is 2.45. The maximum absolute atomic E-state index is 5.73. The summed E-state index contributed by atoms with van der Waals surface area (Å²) in [6, 6.07) is 76.5. The first kappa shape index (κ1) is 55.4. The van der Waals surface area contributed by atoms with Gasteiger partial charge in [0.25, 0.3) is 6.71 Å². The second kappa shape index (κ2) is 23.6. The molecule has 2 unspecified atom stereocenters. The minimum absolute atomic E-state index is 0.111. The van der Waals surface area contributed by atoms with Gasteiger partial charge < -0.3 is 14.7 Å². The number of imidazole rings is 1. The molecule has 1 aromatic heterocycles. The average molecular weight is 1090 g/mol. The van der Waals surface area contributed by atoms with E-state index in [1.165, 1.54) is 111 Å². The topological polar surface area (TPSA) is 27.5 Å². The number of hydrogen-bond donors (Lipinski definition) is 0. The predicted octanol–water partition coefficient (Wildman–Crippen LogP) is 20.2. The fourth-order valence-corrected chi connectivity index (χ4v) is 13.4. The van der Waals surface area contributed by atoms with Crippen molar-refractivity contribution >= 4 is 85.3 Å². The van der Waals surface area contributed by atoms with E-state index >= 15 is 0 Å². The van der Waals surface area contributed by atoms with E-state index in [1.54, 1.807) is 0 Å². The van der Waals surface area contributed by atoms with Crippen LogP contribution >= 0.6 is 0 Å². The zero-order chi connectivity index (χ0) is 57.4. The van der Waals surface area contributed by atoms with E-state index in [2.05, 4.69) is 282 Å². The normalized spacial score (nSPS) is 13.4. The number of benzene rings is 9. The molecule has 0 spiro atoms. The molecular weight excluding hydrogens is 1010 g/mol. The molecule has 0 radical (unpaired) electrons. The number of hydrogen-bond acceptors (Lipinski definition) is 4. The first-order valence-corrected chi connectivity index (χ1v) is 31.2. The Morgan fingerprint density at radius 1 is 0.518 bits per heavy atom. The van der Waals surface area contributed by atoms with Gasteiger partial charge in [-0.05, 0) is 186 Å². The molecule has 5 nitrogen and oxygen atoms in total. The first-order chi connectivity index (χ1) is 40.5. The van der Waals surface area contributed by atoms with Crippen molar-refractivity contribution in [3.63, 3.8) is 0 Å². The molecule has 2 aliphatic rings. The maximum Gasteiger partial charge on any atom is 0.252 e. The second-order valence-electron chi connectivity index (χ2n) is 24.8. The van der Waals surface area contributed by atoms with Crippen LogP contribution < -0.4 is 31.1 Å². The van der Waals surface area contributed by atoms with Crippen LogP contribution in [0.15, 0.2) is 200 Å². The van der Waals surface area contributed by atoms with Crippen LogP contribution in [0.2, 0.25) is 0 Å². The molecule has 83 heavy (non-hydrogen) atoms. The van der Waals surface area contributed by atoms with Crippen LogP contribution in [-0.4, -0.2) is 16.3 Å². The van der Waals surface area contributed by atoms with Crippen molar-refractivity contribution in [2.75, 3.05) is 14.7 Å². The lowest BCUT2D eigenvalue weighted by atomic mass is 9.33. The molecule has 0 fully saturated rings. The lowest BCUT2D eigenvalue weighted by Crippen LogP contribution is -2.61. The van der Waals surface area contributed by atoms with Gasteiger partial charge in [-0.2, -0.15) is 0 Å². The molecule has 0 saturated heterocycles. The molecule has 6 heteroatoms. The third-order valence-electron chi connectivity index (χ3n) is 17.9. The fourth-order valence-electron chi connectivity index (χ4n) is 13.4. The molecule has 0 aliphatic carbocycles. The number of aromatic nitrogens is 2. The quantitative estimate of drug-likeness (QED) is 0.0596. The van der Waals surface area contributed by atoms with Crippen molar-refractivity contribution in [2.24, 2.45) is 0 Å². The summed E-state index contributed by atoms with van der Waals surface area (Å²) in [5.41, 5.74) is 25.2. The van der Waals surface area contributed by atoms with E-state index in [4.69, 9.17) is 4.98 Å². The van der Waals surface area contributed by atoms with E-state index in [9.17, 15) is 0 Å². The Morgan fingerprint density at radius 3 is 1.78 bits per heavy atom. The fraction of sp³-hybridized carbons (Fsp3) is 0.286. The van der Waals surface area contributed by atoms with Gasteiger partial charge in [-0.25, -0.2) is 4.98 Å². The Morgan fingerprint density at radius 2 is 1.16 bits per heavy atom. The molecule has 3 heterocycles. The zero-order valence-electron chi connectivity index (χ0n) is 50.6. The monoisotopic (exact) mass is 1090 g/mol. The van der Waals surface area contributed by atoms with Crippen molar-refractivity contribution in [1.29, 1.82) is 0 Å². The lowest BCUT2D eigenvalue weighted by molar-refractivity contribution is 0.583. The summed E-state index contributed by atoms with van der Waals surface area (Å²) in [6.45, 7) is 20.9. The largest absolute Gasteiger partial charge is 0.311 e. The number of anilines is 9. The Hall–Kier alpha value is -8.09. The molecular formula is C77H82BN5. The van der Waals surface area contributed by atoms with E-state index in [0.717, 1.165) is 76.5 Å². The predicted molar refractivity (Wildman–Crippen MR) is 358 cm³/mol. The Kier molecular flexibility index (Phi) is 15.8. The Balaban J connectivity index is 1.23. The number of rotatable bonds is 19. The summed E-state index contributed by atoms with van der Waals surface area (Å²) in [5.74, 6) is 1.84. The minimum Gasteiger partial charge on any atom is -0.311 e. The summed E-state index contributed by atoms with van der Waals surface area (Å²) in [6.07, 6.45) is 11.6. The van der Waals surface area contributed by atoms with Gasteiger partial charge in [-0.15, -0.1) is 0 Å². The third kappa shape index (κ3) is 10.7. The Labute approximate surface area is 495 Å². The minimum atomic E-state index is -0.118. The van der Waals surface area contributed by atoms with Crippen molar-refractivity contribution in [2.45, 2.75) is 144 Å². The van der Waals surface area contributed by atoms with Crippen molar-refractivity contribution in [1.82, 2.24) is 9.55 Å². The molecule has 0 N–H and O–H groups in total. The van der Waals surface area contributed by atoms with Crippen molar-refractivity contribution in [3.05, 3.63) is 228 Å². The molecule has 9 aromatic carbocycles. The summed E-state index contributed by atoms with van der Waals surface area (Å²) in [5, 5.41) is 0. The van der Waals surface area contributed by atoms with Crippen LogP contribution in [0.3, 0.4) is 0 Å². The highest BCUT2D eigenvalue weighted by atomic mass is 15.2. The summed E-state index contributed by atoms with van der Waals surface area (Å²) >= 11 is 0. The number of aryl methyl sites for hydroxylation is 2. The SMILES string of the molecule is CCCCCc1ccc2c(c1)B1c3cc4c(cc3N(c3cc(C(C)CCCC)cc(C(C)(C)C)c3)c3cc(N(c5ccccc5)c5ccccc5)cc(c31)N2c1ccc(C(CC)CCC)cc1)nc(-c1ccc(C)cc1)n4-c1ccccc1. The third-order valence-corrected chi connectivity index (χ3v) is 17.9. The number of unbranched alkanes of at least 4 members (excludes halogenated alkanes) is 3. The van der Waals surface area contributed by atoms with E-state index in [0.29, 0.717) is 11.8 Å². The average Bonchev–Trinajstić information content (AvgIpc) is 2.16. The maximum atomic E-state index is 5.73. The highest BCUT2D eigenvalue weighted by molar-refractivity contribution is 7.00. The smallest absolute Gasteiger partial charge is 0.252 e. The molecule has 0 saturated carbocycles. The number of fused-ring (bicyclic) bond motifs is 5. The number of nitrogens with zero attached hydrogens (tertiary/aromatic N) is 5. The molecule has 0 amide bonds. The summed E-state index contributed by atoms with van der Waals surface area (Å²) < 4.78 is 2.41. The summed E-state index contributed by atoms with van der Waals surface area (Å²) in [7, 11) is 0. The van der Waals surface area contributed by atoms with Gasteiger partial charge in [0.05, 0.1) is 16.7 Å². The van der Waals surface area contributed by atoms with Gasteiger partial charge in [0.2, 0.25) is 0 Å². The lowest BCUT2D eigenvalue weighted by Gasteiger charge is -2.45. The second-order valence-corrected chi connectivity index (χ2v) is 24.8. The van der Waals surface area contributed by atoms with Crippen LogP contribution in [0.5, 0.6) is 0 Å². The van der Waals surface area contributed by atoms with Gasteiger partial charge in [0, 0.05) is 56.7 Å². The highest BCUT2D eigenvalue weighted by Crippen LogP contribution is 2.50. The molecule has 418 valence electrons. The van der Waals surface area contributed by atoms with Crippen LogP contribution in [-0.2, 0) is 11.8 Å². The van der Waals surface area contributed by atoms with Crippen molar-refractivity contribution in [3.8, 4) is 17.1 Å². The van der Waals surface area contributed by atoms with E-state index in [-0.39, 0.29) is 12.1 Å². The number of para-hydroxylation sites is 3. The Bertz CT molecular complexity index is 3840. The van der Waals surface area contributed by atoms with E-state index in [1.807, 2.05) is 0 Å². The molecule has 0 bridgehead atoms. The summed E-state index contributed by atoms with van der Waals surface area (Å²) in [4.78, 5) is 13.5. The molecule has 2 aliphatic heterocycles. The van der Waals surface area contributed by atoms with Gasteiger partial charge >= 0.3 is 0 Å². The van der Waals surface area contributed by atoms with Gasteiger partial charge in [-0.1, -0.05) is 202 Å². The van der Waals surface area contributed by atoms with Crippen molar-refractivity contribution < 1.29 is 0 Å². The van der Waals surface area contributed by atoms with E-state index < -0.39 is 0 Å².